The zero-order chi connectivity index (χ0) is 20.5. The lowest BCUT2D eigenvalue weighted by molar-refractivity contribution is -0.119. The number of nitrogens with one attached hydrogen (secondary N) is 1. The SMILES string of the molecule is CC(=O)c1ccc(NC(=O)[C@@H]2C[C@@H](O)CN2S(=O)(=O)c2ccc(Cl)cc2)cc1. The van der Waals surface area contributed by atoms with Gasteiger partial charge >= 0.3 is 0 Å². The number of aliphatic hydroxyl groups excluding tert-OH is 1. The van der Waals surface area contributed by atoms with E-state index in [1.165, 1.54) is 31.2 Å². The first-order valence-electron chi connectivity index (χ1n) is 8.56. The van der Waals surface area contributed by atoms with E-state index in [0.717, 1.165) is 4.31 Å². The third-order valence-electron chi connectivity index (χ3n) is 4.52. The number of aliphatic hydroxyl groups is 1. The van der Waals surface area contributed by atoms with Crippen molar-refractivity contribution in [1.82, 2.24) is 4.31 Å². The van der Waals surface area contributed by atoms with E-state index in [9.17, 15) is 23.1 Å². The normalized spacial score (nSPS) is 20.1. The lowest BCUT2D eigenvalue weighted by Gasteiger charge is -2.23. The van der Waals surface area contributed by atoms with Gasteiger partial charge in [-0.05, 0) is 55.5 Å². The number of carbonyl (C=O) groups excluding carboxylic acids is 2. The van der Waals surface area contributed by atoms with E-state index < -0.39 is 28.1 Å². The second kappa shape index (κ2) is 8.00. The number of hydrogen-bond acceptors (Lipinski definition) is 5. The van der Waals surface area contributed by atoms with Gasteiger partial charge in [-0.2, -0.15) is 4.31 Å². The number of halogens is 1. The number of anilines is 1. The minimum Gasteiger partial charge on any atom is -0.392 e. The Morgan fingerprint density at radius 3 is 2.29 bits per heavy atom. The molecule has 148 valence electrons. The number of β-amino-alcohol motifs (C(OH)–C–C–N with tert-alkyl or cyclic N) is 1. The first-order valence-corrected chi connectivity index (χ1v) is 10.4. The number of Topliss-reactive ketones (excluding diaryl/α,β-unsaturated/α-hetero) is 1. The summed E-state index contributed by atoms with van der Waals surface area (Å²) in [5.74, 6) is -0.651. The van der Waals surface area contributed by atoms with E-state index in [0.29, 0.717) is 16.3 Å². The van der Waals surface area contributed by atoms with Crippen LogP contribution in [-0.2, 0) is 14.8 Å². The second-order valence-electron chi connectivity index (χ2n) is 6.56. The summed E-state index contributed by atoms with van der Waals surface area (Å²) in [5.41, 5.74) is 0.932. The van der Waals surface area contributed by atoms with Crippen LogP contribution in [0.15, 0.2) is 53.4 Å². The van der Waals surface area contributed by atoms with Gasteiger partial charge in [0.05, 0.1) is 11.0 Å². The van der Waals surface area contributed by atoms with E-state index in [-0.39, 0.29) is 23.6 Å². The predicted octanol–water partition coefficient (Wildman–Crippen LogP) is 2.31. The van der Waals surface area contributed by atoms with E-state index in [2.05, 4.69) is 5.32 Å². The zero-order valence-electron chi connectivity index (χ0n) is 15.0. The molecule has 1 aliphatic rings. The highest BCUT2D eigenvalue weighted by atomic mass is 35.5. The van der Waals surface area contributed by atoms with Crippen molar-refractivity contribution in [3.05, 3.63) is 59.1 Å². The van der Waals surface area contributed by atoms with Crippen LogP contribution in [0.4, 0.5) is 5.69 Å². The van der Waals surface area contributed by atoms with Crippen molar-refractivity contribution in [2.75, 3.05) is 11.9 Å². The van der Waals surface area contributed by atoms with Crippen LogP contribution in [0, 0.1) is 0 Å². The van der Waals surface area contributed by atoms with Gasteiger partial charge in [-0.3, -0.25) is 9.59 Å². The van der Waals surface area contributed by atoms with Crippen LogP contribution in [0.1, 0.15) is 23.7 Å². The van der Waals surface area contributed by atoms with Crippen LogP contribution in [0.5, 0.6) is 0 Å². The minimum absolute atomic E-state index is 0.00499. The van der Waals surface area contributed by atoms with Crippen molar-refractivity contribution in [3.63, 3.8) is 0 Å². The molecule has 1 heterocycles. The molecule has 0 spiro atoms. The van der Waals surface area contributed by atoms with E-state index >= 15 is 0 Å². The summed E-state index contributed by atoms with van der Waals surface area (Å²) in [5, 5.41) is 13.0. The van der Waals surface area contributed by atoms with Gasteiger partial charge < -0.3 is 10.4 Å². The predicted molar refractivity (Wildman–Crippen MR) is 105 cm³/mol. The highest BCUT2D eigenvalue weighted by Crippen LogP contribution is 2.28. The van der Waals surface area contributed by atoms with Gasteiger partial charge in [-0.15, -0.1) is 0 Å². The molecule has 7 nitrogen and oxygen atoms in total. The van der Waals surface area contributed by atoms with Gasteiger partial charge in [0.2, 0.25) is 15.9 Å². The Bertz CT molecular complexity index is 990. The molecule has 1 saturated heterocycles. The van der Waals surface area contributed by atoms with Crippen molar-refractivity contribution in [3.8, 4) is 0 Å². The fourth-order valence-corrected chi connectivity index (χ4v) is 4.81. The Balaban J connectivity index is 1.82. The van der Waals surface area contributed by atoms with Crippen molar-refractivity contribution in [1.29, 1.82) is 0 Å². The lowest BCUT2D eigenvalue weighted by Crippen LogP contribution is -2.43. The lowest BCUT2D eigenvalue weighted by atomic mass is 10.1. The van der Waals surface area contributed by atoms with Gasteiger partial charge in [-0.25, -0.2) is 8.42 Å². The number of rotatable bonds is 5. The molecule has 2 aromatic carbocycles. The molecule has 0 bridgehead atoms. The monoisotopic (exact) mass is 422 g/mol. The quantitative estimate of drug-likeness (QED) is 0.719. The average Bonchev–Trinajstić information content (AvgIpc) is 3.05. The summed E-state index contributed by atoms with van der Waals surface area (Å²) in [7, 11) is -3.98. The number of benzene rings is 2. The molecule has 0 aliphatic carbocycles. The minimum atomic E-state index is -3.98. The first kappa shape index (κ1) is 20.5. The number of hydrogen-bond donors (Lipinski definition) is 2. The molecule has 1 amide bonds. The molecule has 0 saturated carbocycles. The average molecular weight is 423 g/mol. The van der Waals surface area contributed by atoms with Crippen LogP contribution in [0.3, 0.4) is 0 Å². The van der Waals surface area contributed by atoms with Crippen molar-refractivity contribution in [2.24, 2.45) is 0 Å². The standard InChI is InChI=1S/C19H19ClN2O5S/c1-12(23)13-2-6-15(7-3-13)21-19(25)18-10-16(24)11-22(18)28(26,27)17-8-4-14(20)5-9-17/h2-9,16,18,24H,10-11H2,1H3,(H,21,25)/t16-,18+/m1/s1. The number of ketones is 1. The van der Waals surface area contributed by atoms with E-state index in [4.69, 9.17) is 11.6 Å². The molecule has 1 aliphatic heterocycles. The van der Waals surface area contributed by atoms with E-state index in [1.807, 2.05) is 0 Å². The number of amides is 1. The number of nitrogens with zero attached hydrogens (tertiary/aromatic N) is 1. The smallest absolute Gasteiger partial charge is 0.243 e. The van der Waals surface area contributed by atoms with Gasteiger partial charge in [0, 0.05) is 29.2 Å². The fourth-order valence-electron chi connectivity index (χ4n) is 3.04. The van der Waals surface area contributed by atoms with Gasteiger partial charge in [-0.1, -0.05) is 11.6 Å². The zero-order valence-corrected chi connectivity index (χ0v) is 16.6. The molecule has 28 heavy (non-hydrogen) atoms. The third kappa shape index (κ3) is 4.25. The molecule has 9 heteroatoms. The summed E-state index contributed by atoms with van der Waals surface area (Å²) in [6, 6.07) is 10.8. The van der Waals surface area contributed by atoms with Crippen LogP contribution in [0.2, 0.25) is 5.02 Å². The van der Waals surface area contributed by atoms with E-state index in [1.54, 1.807) is 24.3 Å². The highest BCUT2D eigenvalue weighted by molar-refractivity contribution is 7.89. The van der Waals surface area contributed by atoms with Gasteiger partial charge in [0.15, 0.2) is 5.78 Å². The molecule has 0 unspecified atom stereocenters. The third-order valence-corrected chi connectivity index (χ3v) is 6.66. The molecular formula is C19H19ClN2O5S. The molecule has 0 radical (unpaired) electrons. The highest BCUT2D eigenvalue weighted by Gasteiger charge is 2.43. The maximum Gasteiger partial charge on any atom is 0.243 e. The molecule has 2 N–H and O–H groups in total. The van der Waals surface area contributed by atoms with Crippen LogP contribution in [0.25, 0.3) is 0 Å². The molecular weight excluding hydrogens is 404 g/mol. The van der Waals surface area contributed by atoms with Crippen molar-refractivity contribution >= 4 is 39.0 Å². The Kier molecular flexibility index (Phi) is 5.85. The Morgan fingerprint density at radius 2 is 1.71 bits per heavy atom. The molecule has 2 aromatic rings. The maximum atomic E-state index is 12.9. The number of sulfonamides is 1. The van der Waals surface area contributed by atoms with Crippen molar-refractivity contribution in [2.45, 2.75) is 30.4 Å². The fraction of sp³-hybridized carbons (Fsp3) is 0.263. The molecule has 3 rings (SSSR count). The molecule has 0 aromatic heterocycles. The summed E-state index contributed by atoms with van der Waals surface area (Å²) in [6.07, 6.45) is -0.956. The summed E-state index contributed by atoms with van der Waals surface area (Å²) in [6.45, 7) is 1.26. The number of carbonyl (C=O) groups is 2. The largest absolute Gasteiger partial charge is 0.392 e. The summed E-state index contributed by atoms with van der Waals surface area (Å²) < 4.78 is 26.9. The molecule has 1 fully saturated rings. The van der Waals surface area contributed by atoms with Crippen molar-refractivity contribution < 1.29 is 23.1 Å². The van der Waals surface area contributed by atoms with Gasteiger partial charge in [0.1, 0.15) is 6.04 Å². The van der Waals surface area contributed by atoms with Gasteiger partial charge in [0.25, 0.3) is 0 Å². The van der Waals surface area contributed by atoms with Crippen LogP contribution >= 0.6 is 11.6 Å². The summed E-state index contributed by atoms with van der Waals surface area (Å²) in [4.78, 5) is 24.0. The Morgan fingerprint density at radius 1 is 1.11 bits per heavy atom. The van der Waals surface area contributed by atoms with Crippen LogP contribution in [-0.4, -0.2) is 48.2 Å². The Labute approximate surface area is 168 Å². The topological polar surface area (TPSA) is 104 Å². The Hall–Kier alpha value is -2.26. The first-order chi connectivity index (χ1) is 13.2. The second-order valence-corrected chi connectivity index (χ2v) is 8.88. The maximum absolute atomic E-state index is 12.9. The summed E-state index contributed by atoms with van der Waals surface area (Å²) >= 11 is 5.81. The molecule has 2 atom stereocenters. The van der Waals surface area contributed by atoms with Crippen LogP contribution < -0.4 is 5.32 Å².